The lowest BCUT2D eigenvalue weighted by atomic mass is 9.93. The van der Waals surface area contributed by atoms with Gasteiger partial charge in [0.1, 0.15) is 17.2 Å². The topological polar surface area (TPSA) is 162 Å². The first kappa shape index (κ1) is 29.4. The Morgan fingerprint density at radius 3 is 1.82 bits per heavy atom. The lowest BCUT2D eigenvalue weighted by Crippen LogP contribution is -2.68. The van der Waals surface area contributed by atoms with Crippen molar-refractivity contribution in [3.63, 3.8) is 0 Å². The molecule has 1 aliphatic heterocycles. The fourth-order valence-corrected chi connectivity index (χ4v) is 4.29. The molecule has 0 radical (unpaired) electrons. The number of ether oxygens (including phenoxy) is 2. The molecule has 2 unspecified atom stereocenters. The highest BCUT2D eigenvalue weighted by Crippen LogP contribution is 2.45. The second-order valence-corrected chi connectivity index (χ2v) is 11.0. The van der Waals surface area contributed by atoms with Crippen LogP contribution in [0.1, 0.15) is 60.8 Å². The molecule has 0 aromatic carbocycles. The van der Waals surface area contributed by atoms with E-state index in [9.17, 15) is 24.3 Å². The molecule has 1 saturated heterocycles. The second-order valence-electron chi connectivity index (χ2n) is 10.00. The molecular weight excluding hydrogens is 477 g/mol. The number of unbranched alkanes of at least 4 members (excludes halogenated alkanes) is 1. The summed E-state index contributed by atoms with van der Waals surface area (Å²) in [6.07, 6.45) is 1.18. The Kier molecular flexibility index (Phi) is 9.59. The number of carboxylic acids is 1. The van der Waals surface area contributed by atoms with Crippen molar-refractivity contribution >= 4 is 47.0 Å². The molecule has 1 heterocycles. The van der Waals surface area contributed by atoms with E-state index >= 15 is 0 Å². The number of amides is 1. The summed E-state index contributed by atoms with van der Waals surface area (Å²) in [7, 11) is 0. The minimum absolute atomic E-state index is 0.136. The molecule has 0 aromatic rings. The summed E-state index contributed by atoms with van der Waals surface area (Å²) in [5, 5.41) is 6.68. The summed E-state index contributed by atoms with van der Waals surface area (Å²) in [4.78, 5) is 53.2. The van der Waals surface area contributed by atoms with Gasteiger partial charge in [-0.3, -0.25) is 9.69 Å². The third-order valence-corrected chi connectivity index (χ3v) is 6.04. The van der Waals surface area contributed by atoms with Gasteiger partial charge in [-0.1, -0.05) is 6.42 Å². The number of rotatable bonds is 8. The second kappa shape index (κ2) is 10.8. The highest BCUT2D eigenvalue weighted by atomic mass is 35.5. The minimum atomic E-state index is -2.67. The fourth-order valence-electron chi connectivity index (χ4n) is 3.47. The van der Waals surface area contributed by atoms with Crippen LogP contribution in [-0.4, -0.2) is 79.9 Å². The van der Waals surface area contributed by atoms with Crippen LogP contribution in [0, 0.1) is 0 Å². The summed E-state index contributed by atoms with van der Waals surface area (Å²) in [6.45, 7) is 9.64. The van der Waals surface area contributed by atoms with E-state index in [1.807, 2.05) is 0 Å². The summed E-state index contributed by atoms with van der Waals surface area (Å²) in [5.41, 5.74) is 6.65. The average molecular weight is 512 g/mol. The molecule has 0 saturated carbocycles. The Balaban J connectivity index is 3.75. The van der Waals surface area contributed by atoms with Crippen molar-refractivity contribution < 1.29 is 33.8 Å². The predicted molar refractivity (Wildman–Crippen MR) is 123 cm³/mol. The third kappa shape index (κ3) is 6.49. The number of esters is 2. The molecule has 1 fully saturated rings. The van der Waals surface area contributed by atoms with E-state index < -0.39 is 63.4 Å². The molecule has 0 bridgehead atoms. The van der Waals surface area contributed by atoms with E-state index in [0.717, 1.165) is 0 Å². The minimum Gasteiger partial charge on any atom is -0.480 e. The van der Waals surface area contributed by atoms with Gasteiger partial charge in [0.2, 0.25) is 5.91 Å². The largest absolute Gasteiger partial charge is 0.480 e. The first-order chi connectivity index (χ1) is 14.9. The van der Waals surface area contributed by atoms with Crippen molar-refractivity contribution in [1.82, 2.24) is 4.90 Å². The van der Waals surface area contributed by atoms with Crippen LogP contribution in [0.2, 0.25) is 0 Å². The molecule has 5 N–H and O–H groups in total. The number of hydrogen-bond acceptors (Lipinski definition) is 8. The standard InChI is InChI=1S/C21H35Cl2N3O7/c1-19(2,3)32-17(30)21(18(31)33-20(4,5)6)14(23)12(22)13(16(28)29)26(21)15(27)11(25)9-7-8-10-24/h11-14H,7-10,24-25H2,1-6H3,(H,28,29)/t11-,12?,13-,14?/m0/s1. The Bertz CT molecular complexity index is 736. The monoisotopic (exact) mass is 511 g/mol. The molecule has 0 aliphatic carbocycles. The number of aliphatic carboxylic acids is 1. The number of hydrogen-bond donors (Lipinski definition) is 3. The molecule has 1 amide bonds. The summed E-state index contributed by atoms with van der Waals surface area (Å²) < 4.78 is 10.9. The Hall–Kier alpha value is -1.62. The number of nitrogens with two attached hydrogens (primary N) is 2. The number of carboxylic acid groups (broad SMARTS) is 1. The van der Waals surface area contributed by atoms with E-state index in [1.54, 1.807) is 41.5 Å². The van der Waals surface area contributed by atoms with Crippen molar-refractivity contribution in [2.45, 2.75) is 100 Å². The van der Waals surface area contributed by atoms with Crippen molar-refractivity contribution in [3.8, 4) is 0 Å². The number of halogens is 2. The number of likely N-dealkylation sites (tertiary alicyclic amines) is 1. The maximum absolute atomic E-state index is 13.5. The Morgan fingerprint density at radius 1 is 1.00 bits per heavy atom. The van der Waals surface area contributed by atoms with Crippen LogP contribution in [0.4, 0.5) is 0 Å². The van der Waals surface area contributed by atoms with Crippen LogP contribution in [0.15, 0.2) is 0 Å². The molecule has 0 aromatic heterocycles. The molecule has 1 rings (SSSR count). The van der Waals surface area contributed by atoms with Crippen LogP contribution < -0.4 is 11.5 Å². The number of alkyl halides is 2. The van der Waals surface area contributed by atoms with Crippen LogP contribution in [0.25, 0.3) is 0 Å². The zero-order valence-electron chi connectivity index (χ0n) is 19.9. The molecule has 12 heteroatoms. The van der Waals surface area contributed by atoms with Crippen LogP contribution in [0.5, 0.6) is 0 Å². The molecule has 33 heavy (non-hydrogen) atoms. The van der Waals surface area contributed by atoms with Crippen LogP contribution in [-0.2, 0) is 28.7 Å². The Labute approximate surface area is 204 Å². The number of carbonyl (C=O) groups is 4. The third-order valence-electron chi connectivity index (χ3n) is 4.84. The van der Waals surface area contributed by atoms with Gasteiger partial charge in [-0.15, -0.1) is 23.2 Å². The summed E-state index contributed by atoms with van der Waals surface area (Å²) in [5.74, 6) is -5.04. The number of carbonyl (C=O) groups excluding carboxylic acids is 3. The van der Waals surface area contributed by atoms with E-state index in [2.05, 4.69) is 0 Å². The summed E-state index contributed by atoms with van der Waals surface area (Å²) >= 11 is 12.8. The quantitative estimate of drug-likeness (QED) is 0.189. The van der Waals surface area contributed by atoms with Gasteiger partial charge in [0.15, 0.2) is 0 Å². The summed E-state index contributed by atoms with van der Waals surface area (Å²) in [6, 6.07) is -3.07. The van der Waals surface area contributed by atoms with Gasteiger partial charge >= 0.3 is 17.9 Å². The van der Waals surface area contributed by atoms with Crippen molar-refractivity contribution in [1.29, 1.82) is 0 Å². The van der Waals surface area contributed by atoms with Crippen molar-refractivity contribution in [3.05, 3.63) is 0 Å². The predicted octanol–water partition coefficient (Wildman–Crippen LogP) is 1.38. The SMILES string of the molecule is CC(C)(C)OC(=O)C1(C(=O)OC(C)(C)C)C(Cl)C(Cl)[C@@H](C(=O)O)N1C(=O)[C@@H](N)CCCCN. The molecule has 0 spiro atoms. The van der Waals surface area contributed by atoms with Gasteiger partial charge in [-0.2, -0.15) is 0 Å². The van der Waals surface area contributed by atoms with Gasteiger partial charge in [-0.05, 0) is 60.9 Å². The zero-order chi connectivity index (χ0) is 25.9. The normalized spacial score (nSPS) is 23.7. The zero-order valence-corrected chi connectivity index (χ0v) is 21.4. The van der Waals surface area contributed by atoms with E-state index in [-0.39, 0.29) is 6.42 Å². The van der Waals surface area contributed by atoms with Gasteiger partial charge < -0.3 is 26.0 Å². The molecule has 4 atom stereocenters. The van der Waals surface area contributed by atoms with Crippen molar-refractivity contribution in [2.75, 3.05) is 6.54 Å². The van der Waals surface area contributed by atoms with Crippen molar-refractivity contribution in [2.24, 2.45) is 11.5 Å². The smallest absolute Gasteiger partial charge is 0.346 e. The first-order valence-corrected chi connectivity index (χ1v) is 11.6. The van der Waals surface area contributed by atoms with E-state index in [0.29, 0.717) is 24.3 Å². The molecule has 10 nitrogen and oxygen atoms in total. The molecular formula is C21H35Cl2N3O7. The number of nitrogens with zero attached hydrogens (tertiary/aromatic N) is 1. The maximum Gasteiger partial charge on any atom is 0.346 e. The lowest BCUT2D eigenvalue weighted by Gasteiger charge is -2.40. The van der Waals surface area contributed by atoms with Gasteiger partial charge in [0, 0.05) is 0 Å². The first-order valence-electron chi connectivity index (χ1n) is 10.7. The van der Waals surface area contributed by atoms with Gasteiger partial charge in [0.05, 0.1) is 16.8 Å². The maximum atomic E-state index is 13.5. The Morgan fingerprint density at radius 2 is 1.45 bits per heavy atom. The average Bonchev–Trinajstić information content (AvgIpc) is 2.87. The van der Waals surface area contributed by atoms with E-state index in [4.69, 9.17) is 44.1 Å². The highest BCUT2D eigenvalue weighted by molar-refractivity contribution is 6.37. The van der Waals surface area contributed by atoms with Gasteiger partial charge in [-0.25, -0.2) is 14.4 Å². The van der Waals surface area contributed by atoms with Crippen LogP contribution in [0.3, 0.4) is 0 Å². The fraction of sp³-hybridized carbons (Fsp3) is 0.810. The lowest BCUT2D eigenvalue weighted by molar-refractivity contribution is -0.190. The van der Waals surface area contributed by atoms with E-state index in [1.165, 1.54) is 0 Å². The molecule has 190 valence electrons. The highest BCUT2D eigenvalue weighted by Gasteiger charge is 2.73. The van der Waals surface area contributed by atoms with Crippen LogP contribution >= 0.6 is 23.2 Å². The van der Waals surface area contributed by atoms with Gasteiger partial charge in [0.25, 0.3) is 5.54 Å². The molecule has 1 aliphatic rings.